The highest BCUT2D eigenvalue weighted by atomic mass is 31.2. The van der Waals surface area contributed by atoms with E-state index in [4.69, 9.17) is 18.5 Å². The maximum atomic E-state index is 12.8. The second kappa shape index (κ2) is 63.4. The van der Waals surface area contributed by atoms with Gasteiger partial charge >= 0.3 is 11.9 Å². The summed E-state index contributed by atoms with van der Waals surface area (Å²) in [6.45, 7) is 4.04. The molecule has 0 heterocycles. The molecule has 0 saturated heterocycles. The monoisotopic (exact) mass is 1190 g/mol. The lowest BCUT2D eigenvalue weighted by molar-refractivity contribution is -0.870. The molecular formula is C74H124NO8P. The Morgan fingerprint density at radius 2 is 0.690 bits per heavy atom. The first kappa shape index (κ1) is 79.9. The fourth-order valence-corrected chi connectivity index (χ4v) is 9.45. The smallest absolute Gasteiger partial charge is 0.306 e. The number of rotatable bonds is 60. The Bertz CT molecular complexity index is 1930. The average Bonchev–Trinajstić information content (AvgIpc) is 3.61. The van der Waals surface area contributed by atoms with Crippen LogP contribution in [0.3, 0.4) is 0 Å². The zero-order chi connectivity index (χ0) is 61.2. The van der Waals surface area contributed by atoms with E-state index in [1.807, 2.05) is 27.2 Å². The molecule has 2 atom stereocenters. The lowest BCUT2D eigenvalue weighted by atomic mass is 10.0. The van der Waals surface area contributed by atoms with Crippen molar-refractivity contribution in [2.75, 3.05) is 47.5 Å². The van der Waals surface area contributed by atoms with Crippen LogP contribution in [0, 0.1) is 0 Å². The standard InChI is InChI=1S/C74H124NO8P/c1-6-8-10-12-14-16-18-20-22-24-26-28-30-32-34-36-37-39-40-42-44-46-48-50-52-54-56-58-60-62-64-66-73(76)80-70-72(71-82-84(78,79)81-69-68-75(3,4)5)83-74(77)67-65-63-61-59-57-55-53-51-49-47-45-43-41-38-35-33-31-29-27-25-23-21-19-17-15-13-11-9-7-2/h9,11,15,17-18,20-21,23-24,26-27,29-30,32-33,35,41,43,47,49,53,55,59,61,72H,6-8,10,12-14,16,19,22,25,28,31,34,36-40,42,44-46,48,50-52,54,56-58,60,62-71H2,1-5H3/b11-9-,17-15-,20-18-,23-21-,26-24-,29-27-,32-30-,35-33-,43-41-,49-47-,55-53-,61-59-. The molecule has 0 rings (SSSR count). The van der Waals surface area contributed by atoms with Crippen LogP contribution in [0.1, 0.15) is 258 Å². The topological polar surface area (TPSA) is 111 Å². The summed E-state index contributed by atoms with van der Waals surface area (Å²) < 4.78 is 34.2. The summed E-state index contributed by atoms with van der Waals surface area (Å²) in [4.78, 5) is 38.0. The number of unbranched alkanes of at least 4 members (excludes halogenated alkanes) is 22. The molecule has 0 aromatic carbocycles. The van der Waals surface area contributed by atoms with Crippen molar-refractivity contribution in [3.8, 4) is 0 Å². The van der Waals surface area contributed by atoms with Gasteiger partial charge in [0.25, 0.3) is 7.82 Å². The van der Waals surface area contributed by atoms with E-state index in [9.17, 15) is 19.0 Å². The second-order valence-electron chi connectivity index (χ2n) is 23.1. The zero-order valence-corrected chi connectivity index (χ0v) is 55.2. The number of hydrogen-bond donors (Lipinski definition) is 0. The lowest BCUT2D eigenvalue weighted by Gasteiger charge is -2.28. The molecule has 0 aromatic rings. The lowest BCUT2D eigenvalue weighted by Crippen LogP contribution is -2.37. The Labute approximate surface area is 516 Å². The quantitative estimate of drug-likeness (QED) is 0.0195. The summed E-state index contributed by atoms with van der Waals surface area (Å²) in [5, 5.41) is 0. The maximum Gasteiger partial charge on any atom is 0.306 e. The number of esters is 2. The van der Waals surface area contributed by atoms with Gasteiger partial charge in [0.2, 0.25) is 0 Å². The molecule has 0 fully saturated rings. The van der Waals surface area contributed by atoms with Crippen LogP contribution in [0.2, 0.25) is 0 Å². The normalized spacial score (nSPS) is 14.1. The van der Waals surface area contributed by atoms with Crippen molar-refractivity contribution in [1.82, 2.24) is 0 Å². The van der Waals surface area contributed by atoms with Crippen molar-refractivity contribution in [2.45, 2.75) is 264 Å². The minimum absolute atomic E-state index is 0.0492. The van der Waals surface area contributed by atoms with Crippen molar-refractivity contribution in [3.63, 3.8) is 0 Å². The Morgan fingerprint density at radius 3 is 1.05 bits per heavy atom. The Balaban J connectivity index is 4.20. The van der Waals surface area contributed by atoms with E-state index < -0.39 is 32.5 Å². The molecule has 0 aliphatic rings. The number of ether oxygens (including phenoxy) is 2. The summed E-state index contributed by atoms with van der Waals surface area (Å²) in [7, 11) is 1.11. The highest BCUT2D eigenvalue weighted by molar-refractivity contribution is 7.45. The molecule has 9 nitrogen and oxygen atoms in total. The molecule has 0 spiro atoms. The van der Waals surface area contributed by atoms with Crippen molar-refractivity contribution in [3.05, 3.63) is 146 Å². The third-order valence-electron chi connectivity index (χ3n) is 13.8. The summed E-state index contributed by atoms with van der Waals surface area (Å²) in [5.74, 6) is -0.909. The first-order valence-electron chi connectivity index (χ1n) is 33.5. The van der Waals surface area contributed by atoms with E-state index >= 15 is 0 Å². The fraction of sp³-hybridized carbons (Fsp3) is 0.649. The molecule has 84 heavy (non-hydrogen) atoms. The molecule has 0 saturated carbocycles. The molecular weight excluding hydrogens is 1060 g/mol. The van der Waals surface area contributed by atoms with Gasteiger partial charge in [0, 0.05) is 12.8 Å². The van der Waals surface area contributed by atoms with Gasteiger partial charge in [-0.25, -0.2) is 0 Å². The van der Waals surface area contributed by atoms with Crippen LogP contribution < -0.4 is 4.89 Å². The highest BCUT2D eigenvalue weighted by Crippen LogP contribution is 2.38. The van der Waals surface area contributed by atoms with Crippen molar-refractivity contribution < 1.29 is 42.1 Å². The van der Waals surface area contributed by atoms with E-state index in [2.05, 4.69) is 154 Å². The van der Waals surface area contributed by atoms with Crippen molar-refractivity contribution in [1.29, 1.82) is 0 Å². The number of carbonyl (C=O) groups excluding carboxylic acids is 2. The molecule has 0 aromatic heterocycles. The number of likely N-dealkylation sites (N-methyl/N-ethyl adjacent to an activating group) is 1. The van der Waals surface area contributed by atoms with Gasteiger partial charge in [-0.05, 0) is 116 Å². The van der Waals surface area contributed by atoms with Crippen LogP contribution in [0.4, 0.5) is 0 Å². The Kier molecular flexibility index (Phi) is 60.3. The summed E-state index contributed by atoms with van der Waals surface area (Å²) in [6.07, 6.45) is 93.5. The molecule has 0 bridgehead atoms. The average molecular weight is 1190 g/mol. The van der Waals surface area contributed by atoms with Gasteiger partial charge in [0.1, 0.15) is 19.8 Å². The van der Waals surface area contributed by atoms with Crippen LogP contribution in [0.25, 0.3) is 0 Å². The number of carbonyl (C=O) groups is 2. The van der Waals surface area contributed by atoms with Gasteiger partial charge in [-0.3, -0.25) is 14.2 Å². The molecule has 2 unspecified atom stereocenters. The first-order valence-corrected chi connectivity index (χ1v) is 35.0. The van der Waals surface area contributed by atoms with E-state index in [1.54, 1.807) is 0 Å². The number of allylic oxidation sites excluding steroid dienone is 24. The number of phosphoric ester groups is 1. The van der Waals surface area contributed by atoms with Crippen molar-refractivity contribution >= 4 is 19.8 Å². The van der Waals surface area contributed by atoms with Gasteiger partial charge in [-0.2, -0.15) is 0 Å². The number of hydrogen-bond acceptors (Lipinski definition) is 8. The SMILES string of the molecule is CC/C=C\C/C=C\C/C=C\C/C=C\C/C=C\C/C=C\C/C=C\C/C=C\C/C=C\CCCC(=O)OC(COC(=O)CCCCCCCCCCCCCCCCCC/C=C\C/C=C\C/C=C\CCCCCCC)COP(=O)([O-])OCC[N+](C)(C)C. The predicted octanol–water partition coefficient (Wildman–Crippen LogP) is 21.2. The zero-order valence-electron chi connectivity index (χ0n) is 54.3. The van der Waals surface area contributed by atoms with E-state index in [-0.39, 0.29) is 26.1 Å². The number of nitrogens with zero attached hydrogens (tertiary/aromatic N) is 1. The summed E-state index contributed by atoms with van der Waals surface area (Å²) in [5.41, 5.74) is 0. The van der Waals surface area contributed by atoms with E-state index in [1.165, 1.54) is 128 Å². The van der Waals surface area contributed by atoms with Crippen LogP contribution in [-0.2, 0) is 32.7 Å². The van der Waals surface area contributed by atoms with Gasteiger partial charge < -0.3 is 27.9 Å². The van der Waals surface area contributed by atoms with Gasteiger partial charge in [0.15, 0.2) is 6.10 Å². The van der Waals surface area contributed by atoms with Crippen LogP contribution in [0.5, 0.6) is 0 Å². The predicted molar refractivity (Wildman–Crippen MR) is 360 cm³/mol. The summed E-state index contributed by atoms with van der Waals surface area (Å²) >= 11 is 0. The van der Waals surface area contributed by atoms with Crippen molar-refractivity contribution in [2.24, 2.45) is 0 Å². The van der Waals surface area contributed by atoms with E-state index in [0.717, 1.165) is 83.5 Å². The molecule has 0 amide bonds. The van der Waals surface area contributed by atoms with Gasteiger partial charge in [-0.1, -0.05) is 275 Å². The highest BCUT2D eigenvalue weighted by Gasteiger charge is 2.21. The minimum Gasteiger partial charge on any atom is -0.756 e. The molecule has 0 radical (unpaired) electrons. The summed E-state index contributed by atoms with van der Waals surface area (Å²) in [6, 6.07) is 0. The fourth-order valence-electron chi connectivity index (χ4n) is 8.72. The molecule has 0 aliphatic carbocycles. The van der Waals surface area contributed by atoms with Crippen LogP contribution >= 0.6 is 7.82 Å². The van der Waals surface area contributed by atoms with E-state index in [0.29, 0.717) is 30.3 Å². The third kappa shape index (κ3) is 67.0. The Hall–Kier alpha value is -4.11. The third-order valence-corrected chi connectivity index (χ3v) is 14.8. The number of phosphoric acid groups is 1. The minimum atomic E-state index is -4.67. The largest absolute Gasteiger partial charge is 0.756 e. The first-order chi connectivity index (χ1) is 41.0. The maximum absolute atomic E-state index is 12.8. The number of quaternary nitrogens is 1. The second-order valence-corrected chi connectivity index (χ2v) is 24.5. The Morgan fingerprint density at radius 1 is 0.381 bits per heavy atom. The molecule has 10 heteroatoms. The molecule has 478 valence electrons. The van der Waals surface area contributed by atoms with Gasteiger partial charge in [-0.15, -0.1) is 0 Å². The molecule has 0 N–H and O–H groups in total. The van der Waals surface area contributed by atoms with Crippen LogP contribution in [0.15, 0.2) is 146 Å². The van der Waals surface area contributed by atoms with Gasteiger partial charge in [0.05, 0.1) is 27.7 Å². The van der Waals surface area contributed by atoms with Crippen LogP contribution in [-0.4, -0.2) is 70.0 Å². The molecule has 0 aliphatic heterocycles.